The number of rotatable bonds is 6. The molecule has 0 amide bonds. The first-order valence-corrected chi connectivity index (χ1v) is 3.95. The zero-order valence-corrected chi connectivity index (χ0v) is 7.12. The van der Waals surface area contributed by atoms with Crippen LogP contribution in [-0.2, 0) is 9.59 Å². The van der Waals surface area contributed by atoms with Crippen LogP contribution in [0.2, 0.25) is 0 Å². The van der Waals surface area contributed by atoms with Crippen molar-refractivity contribution < 1.29 is 9.59 Å². The molecule has 0 aliphatic rings. The summed E-state index contributed by atoms with van der Waals surface area (Å²) >= 11 is 0. The first kappa shape index (κ1) is 10.8. The summed E-state index contributed by atoms with van der Waals surface area (Å²) in [6.07, 6.45) is 5.68. The van der Waals surface area contributed by atoms with Crippen LogP contribution in [0.25, 0.3) is 0 Å². The van der Waals surface area contributed by atoms with Crippen LogP contribution >= 0.6 is 0 Å². The molecule has 0 radical (unpaired) electrons. The van der Waals surface area contributed by atoms with E-state index in [0.717, 1.165) is 19.3 Å². The Kier molecular flexibility index (Phi) is 7.05. The Morgan fingerprint density at radius 3 is 2.58 bits per heavy atom. The Balaban J connectivity index is 3.85. The van der Waals surface area contributed by atoms with Crippen molar-refractivity contribution >= 4 is 12.2 Å². The first-order valence-electron chi connectivity index (χ1n) is 3.95. The molecule has 0 aliphatic carbocycles. The van der Waals surface area contributed by atoms with Crippen molar-refractivity contribution in [3.8, 4) is 0 Å². The molecule has 0 aromatic heterocycles. The van der Waals surface area contributed by atoms with Crippen LogP contribution in [-0.4, -0.2) is 24.7 Å². The normalized spacial score (nSPS) is 11.1. The lowest BCUT2D eigenvalue weighted by Crippen LogP contribution is -2.08. The Hall–Kier alpha value is -1.24. The van der Waals surface area contributed by atoms with E-state index in [9.17, 15) is 9.59 Å². The topological polar surface area (TPSA) is 58.9 Å². The highest BCUT2D eigenvalue weighted by Gasteiger charge is 2.04. The molecule has 0 aliphatic heterocycles. The van der Waals surface area contributed by atoms with Gasteiger partial charge >= 0.3 is 0 Å². The fraction of sp³-hybridized carbons (Fsp3) is 0.750. The number of carbonyl (C=O) groups excluding carboxylic acids is 2. The quantitative estimate of drug-likeness (QED) is 0.442. The molecule has 0 fully saturated rings. The molecule has 1 unspecified atom stereocenters. The van der Waals surface area contributed by atoms with Crippen LogP contribution in [0, 0.1) is 0 Å². The molecule has 4 nitrogen and oxygen atoms in total. The molecule has 0 aromatic carbocycles. The second-order valence-electron chi connectivity index (χ2n) is 2.45. The third kappa shape index (κ3) is 5.54. The highest BCUT2D eigenvalue weighted by molar-refractivity contribution is 5.35. The minimum absolute atomic E-state index is 0.191. The zero-order chi connectivity index (χ0) is 9.23. The average Bonchev–Trinajstić information content (AvgIpc) is 2.10. The van der Waals surface area contributed by atoms with Crippen LogP contribution in [0.3, 0.4) is 0 Å². The second-order valence-corrected chi connectivity index (χ2v) is 2.45. The van der Waals surface area contributed by atoms with Gasteiger partial charge in [0.25, 0.3) is 0 Å². The van der Waals surface area contributed by atoms with Crippen molar-refractivity contribution in [2.24, 2.45) is 9.98 Å². The van der Waals surface area contributed by atoms with Crippen molar-refractivity contribution in [1.29, 1.82) is 0 Å². The second kappa shape index (κ2) is 7.86. The van der Waals surface area contributed by atoms with E-state index in [0.29, 0.717) is 0 Å². The smallest absolute Gasteiger partial charge is 0.211 e. The van der Waals surface area contributed by atoms with E-state index in [1.165, 1.54) is 12.2 Å². The third-order valence-corrected chi connectivity index (χ3v) is 1.49. The molecular weight excluding hydrogens is 156 g/mol. The standard InChI is InChI=1S/C8H12N2O2/c1-2-3-4-8(10-7-12)5-9-6-11/h8H,2-5H2,1H3. The highest BCUT2D eigenvalue weighted by Crippen LogP contribution is 2.03. The molecule has 0 spiro atoms. The van der Waals surface area contributed by atoms with Crippen LogP contribution in [0.4, 0.5) is 0 Å². The maximum Gasteiger partial charge on any atom is 0.235 e. The molecule has 0 aromatic rings. The lowest BCUT2D eigenvalue weighted by molar-refractivity contribution is 0.537. The predicted molar refractivity (Wildman–Crippen MR) is 44.4 cm³/mol. The molecular formula is C8H12N2O2. The molecule has 0 heterocycles. The predicted octanol–water partition coefficient (Wildman–Crippen LogP) is 1.22. The van der Waals surface area contributed by atoms with E-state index < -0.39 is 0 Å². The lowest BCUT2D eigenvalue weighted by atomic mass is 10.1. The summed E-state index contributed by atoms with van der Waals surface area (Å²) in [6.45, 7) is 2.30. The van der Waals surface area contributed by atoms with Crippen LogP contribution in [0.1, 0.15) is 26.2 Å². The molecule has 4 heteroatoms. The van der Waals surface area contributed by atoms with E-state index in [1.807, 2.05) is 6.92 Å². The summed E-state index contributed by atoms with van der Waals surface area (Å²) in [4.78, 5) is 26.6. The van der Waals surface area contributed by atoms with Gasteiger partial charge in [-0.3, -0.25) is 0 Å². The minimum atomic E-state index is -0.191. The number of aliphatic imine (C=N–C) groups is 2. The fourth-order valence-electron chi connectivity index (χ4n) is 0.854. The van der Waals surface area contributed by atoms with Crippen LogP contribution < -0.4 is 0 Å². The van der Waals surface area contributed by atoms with Gasteiger partial charge in [-0.2, -0.15) is 0 Å². The van der Waals surface area contributed by atoms with E-state index in [-0.39, 0.29) is 12.6 Å². The van der Waals surface area contributed by atoms with E-state index in [2.05, 4.69) is 9.98 Å². The van der Waals surface area contributed by atoms with Gasteiger partial charge in [-0.15, -0.1) is 0 Å². The molecule has 0 N–H and O–H groups in total. The lowest BCUT2D eigenvalue weighted by Gasteiger charge is -2.03. The van der Waals surface area contributed by atoms with Crippen molar-refractivity contribution in [2.75, 3.05) is 6.54 Å². The third-order valence-electron chi connectivity index (χ3n) is 1.49. The zero-order valence-electron chi connectivity index (χ0n) is 7.12. The molecule has 0 rings (SSSR count). The summed E-state index contributed by atoms with van der Waals surface area (Å²) in [5.41, 5.74) is 0. The Morgan fingerprint density at radius 1 is 1.33 bits per heavy atom. The molecule has 66 valence electrons. The Labute approximate surface area is 71.4 Å². The van der Waals surface area contributed by atoms with Gasteiger partial charge in [-0.25, -0.2) is 19.6 Å². The van der Waals surface area contributed by atoms with Crippen LogP contribution in [0.15, 0.2) is 9.98 Å². The van der Waals surface area contributed by atoms with Gasteiger partial charge in [-0.1, -0.05) is 19.8 Å². The van der Waals surface area contributed by atoms with E-state index >= 15 is 0 Å². The summed E-state index contributed by atoms with van der Waals surface area (Å²) in [5, 5.41) is 0. The summed E-state index contributed by atoms with van der Waals surface area (Å²) in [7, 11) is 0. The number of isocyanates is 2. The van der Waals surface area contributed by atoms with Gasteiger partial charge in [0.1, 0.15) is 0 Å². The number of hydrogen-bond acceptors (Lipinski definition) is 4. The molecule has 0 saturated carbocycles. The summed E-state index contributed by atoms with van der Waals surface area (Å²) in [6, 6.07) is -0.191. The molecule has 12 heavy (non-hydrogen) atoms. The van der Waals surface area contributed by atoms with Gasteiger partial charge in [0.15, 0.2) is 0 Å². The number of hydrogen-bond donors (Lipinski definition) is 0. The summed E-state index contributed by atoms with van der Waals surface area (Å²) < 4.78 is 0. The largest absolute Gasteiger partial charge is 0.235 e. The van der Waals surface area contributed by atoms with Gasteiger partial charge < -0.3 is 0 Å². The van der Waals surface area contributed by atoms with Gasteiger partial charge in [0, 0.05) is 0 Å². The number of nitrogens with zero attached hydrogens (tertiary/aromatic N) is 2. The Bertz CT molecular complexity index is 203. The van der Waals surface area contributed by atoms with Crippen molar-refractivity contribution in [2.45, 2.75) is 32.2 Å². The fourth-order valence-corrected chi connectivity index (χ4v) is 0.854. The maximum atomic E-state index is 9.91. The maximum absolute atomic E-state index is 9.91. The van der Waals surface area contributed by atoms with Crippen LogP contribution in [0.5, 0.6) is 0 Å². The van der Waals surface area contributed by atoms with Crippen molar-refractivity contribution in [3.05, 3.63) is 0 Å². The monoisotopic (exact) mass is 168 g/mol. The van der Waals surface area contributed by atoms with E-state index in [1.54, 1.807) is 0 Å². The SMILES string of the molecule is CCCCC(CN=C=O)N=C=O. The van der Waals surface area contributed by atoms with Gasteiger partial charge in [-0.05, 0) is 6.42 Å². The Morgan fingerprint density at radius 2 is 2.08 bits per heavy atom. The van der Waals surface area contributed by atoms with Gasteiger partial charge in [0.05, 0.1) is 12.6 Å². The van der Waals surface area contributed by atoms with Gasteiger partial charge in [0.2, 0.25) is 12.2 Å². The molecule has 0 saturated heterocycles. The average molecular weight is 168 g/mol. The highest BCUT2D eigenvalue weighted by atomic mass is 16.1. The van der Waals surface area contributed by atoms with E-state index in [4.69, 9.17) is 0 Å². The minimum Gasteiger partial charge on any atom is -0.211 e. The first-order chi connectivity index (χ1) is 5.85. The molecule has 1 atom stereocenters. The van der Waals surface area contributed by atoms with Crippen molar-refractivity contribution in [1.82, 2.24) is 0 Å². The molecule has 0 bridgehead atoms. The summed E-state index contributed by atoms with van der Waals surface area (Å²) in [5.74, 6) is 0. The van der Waals surface area contributed by atoms with Crippen molar-refractivity contribution in [3.63, 3.8) is 0 Å². The number of unbranched alkanes of at least 4 members (excludes halogenated alkanes) is 1.